The SMILES string of the molecule is COc1ccc2cc(C=NNc3nc4ccccc4[nH]3)c(=O)[nH]c2c1. The summed E-state index contributed by atoms with van der Waals surface area (Å²) in [5.41, 5.74) is 5.50. The lowest BCUT2D eigenvalue weighted by Crippen LogP contribution is -2.12. The molecule has 0 saturated heterocycles. The summed E-state index contributed by atoms with van der Waals surface area (Å²) in [5, 5.41) is 4.99. The number of aromatic nitrogens is 3. The Balaban J connectivity index is 1.60. The third kappa shape index (κ3) is 2.94. The Morgan fingerprint density at radius 3 is 2.84 bits per heavy atom. The molecule has 2 heterocycles. The summed E-state index contributed by atoms with van der Waals surface area (Å²) >= 11 is 0. The van der Waals surface area contributed by atoms with Gasteiger partial charge in [0.1, 0.15) is 5.75 Å². The van der Waals surface area contributed by atoms with Crippen LogP contribution in [-0.2, 0) is 0 Å². The maximum absolute atomic E-state index is 12.2. The first-order valence-electron chi connectivity index (χ1n) is 7.68. The van der Waals surface area contributed by atoms with Crippen LogP contribution < -0.4 is 15.7 Å². The van der Waals surface area contributed by atoms with Gasteiger partial charge < -0.3 is 14.7 Å². The van der Waals surface area contributed by atoms with Gasteiger partial charge >= 0.3 is 0 Å². The molecule has 0 spiro atoms. The zero-order valence-corrected chi connectivity index (χ0v) is 13.4. The number of hydrazone groups is 1. The van der Waals surface area contributed by atoms with E-state index < -0.39 is 0 Å². The van der Waals surface area contributed by atoms with E-state index in [0.29, 0.717) is 22.8 Å². The highest BCUT2D eigenvalue weighted by Crippen LogP contribution is 2.18. The second-order valence-electron chi connectivity index (χ2n) is 5.48. The third-order valence-corrected chi connectivity index (χ3v) is 3.85. The van der Waals surface area contributed by atoms with E-state index in [1.807, 2.05) is 36.4 Å². The summed E-state index contributed by atoms with van der Waals surface area (Å²) in [6, 6.07) is 15.0. The number of rotatable bonds is 4. The smallest absolute Gasteiger partial charge is 0.257 e. The number of nitrogens with zero attached hydrogens (tertiary/aromatic N) is 2. The number of methoxy groups -OCH3 is 1. The molecule has 7 heteroatoms. The van der Waals surface area contributed by atoms with Crippen molar-refractivity contribution in [3.63, 3.8) is 0 Å². The number of hydrogen-bond donors (Lipinski definition) is 3. The first kappa shape index (κ1) is 14.9. The molecule has 25 heavy (non-hydrogen) atoms. The van der Waals surface area contributed by atoms with Gasteiger partial charge in [-0.25, -0.2) is 10.4 Å². The molecule has 3 N–H and O–H groups in total. The van der Waals surface area contributed by atoms with Crippen LogP contribution in [0.4, 0.5) is 5.95 Å². The number of aromatic amines is 2. The first-order chi connectivity index (χ1) is 12.2. The number of hydrogen-bond acceptors (Lipinski definition) is 5. The number of pyridine rings is 1. The van der Waals surface area contributed by atoms with Gasteiger partial charge in [0.15, 0.2) is 0 Å². The van der Waals surface area contributed by atoms with E-state index in [0.717, 1.165) is 16.4 Å². The third-order valence-electron chi connectivity index (χ3n) is 3.85. The molecule has 0 aliphatic carbocycles. The van der Waals surface area contributed by atoms with Gasteiger partial charge in [-0.15, -0.1) is 0 Å². The molecule has 124 valence electrons. The van der Waals surface area contributed by atoms with Gasteiger partial charge in [-0.3, -0.25) is 4.79 Å². The molecular weight excluding hydrogens is 318 g/mol. The maximum atomic E-state index is 12.2. The number of fused-ring (bicyclic) bond motifs is 2. The van der Waals surface area contributed by atoms with Crippen LogP contribution in [-0.4, -0.2) is 28.3 Å². The standard InChI is InChI=1S/C18H15N5O2/c1-25-13-7-6-11-8-12(17(24)20-16(11)9-13)10-19-23-18-21-14-4-2-3-5-15(14)22-18/h2-10H,1H3,(H,20,24)(H2,21,22,23). The topological polar surface area (TPSA) is 95.2 Å². The lowest BCUT2D eigenvalue weighted by Gasteiger charge is -2.03. The second kappa shape index (κ2) is 6.12. The van der Waals surface area contributed by atoms with Gasteiger partial charge in [0.25, 0.3) is 5.56 Å². The molecule has 4 aromatic rings. The summed E-state index contributed by atoms with van der Waals surface area (Å²) in [4.78, 5) is 22.5. The van der Waals surface area contributed by atoms with Crippen LogP contribution >= 0.6 is 0 Å². The number of benzene rings is 2. The van der Waals surface area contributed by atoms with Crippen LogP contribution in [0.15, 0.2) is 58.4 Å². The molecule has 0 aliphatic heterocycles. The van der Waals surface area contributed by atoms with Gasteiger partial charge in [-0.1, -0.05) is 12.1 Å². The van der Waals surface area contributed by atoms with E-state index in [1.165, 1.54) is 6.21 Å². The molecule has 2 aromatic heterocycles. The number of ether oxygens (including phenoxy) is 1. The van der Waals surface area contributed by atoms with E-state index in [-0.39, 0.29) is 5.56 Å². The molecule has 4 rings (SSSR count). The molecule has 0 aliphatic rings. The zero-order chi connectivity index (χ0) is 17.2. The molecule has 0 amide bonds. The van der Waals surface area contributed by atoms with E-state index >= 15 is 0 Å². The minimum Gasteiger partial charge on any atom is -0.497 e. The van der Waals surface area contributed by atoms with Crippen molar-refractivity contribution < 1.29 is 4.74 Å². The van der Waals surface area contributed by atoms with Gasteiger partial charge in [0.2, 0.25) is 5.95 Å². The molecule has 0 unspecified atom stereocenters. The fourth-order valence-corrected chi connectivity index (χ4v) is 2.59. The summed E-state index contributed by atoms with van der Waals surface area (Å²) in [6.07, 6.45) is 1.47. The van der Waals surface area contributed by atoms with Crippen molar-refractivity contribution in [3.8, 4) is 5.75 Å². The number of H-pyrrole nitrogens is 2. The summed E-state index contributed by atoms with van der Waals surface area (Å²) in [7, 11) is 1.59. The van der Waals surface area contributed by atoms with Crippen molar-refractivity contribution in [2.45, 2.75) is 0 Å². The van der Waals surface area contributed by atoms with Crippen LogP contribution in [0.1, 0.15) is 5.56 Å². The van der Waals surface area contributed by atoms with Crippen molar-refractivity contribution in [3.05, 3.63) is 64.4 Å². The normalized spacial score (nSPS) is 11.4. The van der Waals surface area contributed by atoms with Gasteiger partial charge in [0.05, 0.1) is 35.4 Å². The average Bonchev–Trinajstić information content (AvgIpc) is 3.04. The molecule has 2 aromatic carbocycles. The number of anilines is 1. The predicted molar refractivity (Wildman–Crippen MR) is 98.4 cm³/mol. The molecule has 0 radical (unpaired) electrons. The molecule has 0 fully saturated rings. The monoisotopic (exact) mass is 333 g/mol. The van der Waals surface area contributed by atoms with Crippen LogP contribution in [0.5, 0.6) is 5.75 Å². The Hall–Kier alpha value is -3.61. The predicted octanol–water partition coefficient (Wildman–Crippen LogP) is 2.86. The Labute approximate surface area is 142 Å². The lowest BCUT2D eigenvalue weighted by atomic mass is 10.1. The molecule has 7 nitrogen and oxygen atoms in total. The fourth-order valence-electron chi connectivity index (χ4n) is 2.59. The Morgan fingerprint density at radius 1 is 1.12 bits per heavy atom. The number of imidazole rings is 1. The van der Waals surface area contributed by atoms with Gasteiger partial charge in [0, 0.05) is 6.07 Å². The fraction of sp³-hybridized carbons (Fsp3) is 0.0556. The van der Waals surface area contributed by atoms with E-state index in [4.69, 9.17) is 4.74 Å². The first-order valence-corrected chi connectivity index (χ1v) is 7.68. The van der Waals surface area contributed by atoms with Crippen molar-refractivity contribution >= 4 is 34.1 Å². The highest BCUT2D eigenvalue weighted by molar-refractivity contribution is 5.88. The summed E-state index contributed by atoms with van der Waals surface area (Å²) < 4.78 is 5.16. The van der Waals surface area contributed by atoms with Crippen molar-refractivity contribution in [1.29, 1.82) is 0 Å². The van der Waals surface area contributed by atoms with E-state index in [2.05, 4.69) is 25.5 Å². The van der Waals surface area contributed by atoms with E-state index in [1.54, 1.807) is 19.2 Å². The Morgan fingerprint density at radius 2 is 2.00 bits per heavy atom. The molecule has 0 atom stereocenters. The highest BCUT2D eigenvalue weighted by atomic mass is 16.5. The van der Waals surface area contributed by atoms with Crippen LogP contribution in [0, 0.1) is 0 Å². The minimum absolute atomic E-state index is 0.226. The summed E-state index contributed by atoms with van der Waals surface area (Å²) in [6.45, 7) is 0. The second-order valence-corrected chi connectivity index (χ2v) is 5.48. The van der Waals surface area contributed by atoms with Crippen molar-refractivity contribution in [2.24, 2.45) is 5.10 Å². The number of nitrogens with one attached hydrogen (secondary N) is 3. The minimum atomic E-state index is -0.226. The summed E-state index contributed by atoms with van der Waals surface area (Å²) in [5.74, 6) is 1.20. The van der Waals surface area contributed by atoms with Crippen LogP contribution in [0.25, 0.3) is 21.9 Å². The van der Waals surface area contributed by atoms with Crippen molar-refractivity contribution in [2.75, 3.05) is 12.5 Å². The quantitative estimate of drug-likeness (QED) is 0.395. The van der Waals surface area contributed by atoms with Gasteiger partial charge in [-0.05, 0) is 35.7 Å². The van der Waals surface area contributed by atoms with Crippen LogP contribution in [0.2, 0.25) is 0 Å². The van der Waals surface area contributed by atoms with Gasteiger partial charge in [-0.2, -0.15) is 5.10 Å². The average molecular weight is 333 g/mol. The Bertz CT molecular complexity index is 1110. The highest BCUT2D eigenvalue weighted by Gasteiger charge is 2.03. The largest absolute Gasteiger partial charge is 0.497 e. The Kier molecular flexibility index (Phi) is 3.66. The van der Waals surface area contributed by atoms with Crippen LogP contribution in [0.3, 0.4) is 0 Å². The lowest BCUT2D eigenvalue weighted by molar-refractivity contribution is 0.415. The molecule has 0 saturated carbocycles. The number of para-hydroxylation sites is 2. The maximum Gasteiger partial charge on any atom is 0.257 e. The molecule has 0 bridgehead atoms. The zero-order valence-electron chi connectivity index (χ0n) is 13.4. The van der Waals surface area contributed by atoms with Crippen molar-refractivity contribution in [1.82, 2.24) is 15.0 Å². The van der Waals surface area contributed by atoms with E-state index in [9.17, 15) is 4.79 Å². The molecular formula is C18H15N5O2.